The van der Waals surface area contributed by atoms with Crippen LogP contribution in [0.2, 0.25) is 0 Å². The summed E-state index contributed by atoms with van der Waals surface area (Å²) >= 11 is 0. The second-order valence-electron chi connectivity index (χ2n) is 5.83. The highest BCUT2D eigenvalue weighted by Crippen LogP contribution is 2.36. The molecule has 144 valence electrons. The number of nitrogens with one attached hydrogen (secondary N) is 1. The number of benzene rings is 2. The zero-order valence-electron chi connectivity index (χ0n) is 14.2. The minimum absolute atomic E-state index is 0.315. The van der Waals surface area contributed by atoms with E-state index in [-0.39, 0.29) is 5.75 Å². The van der Waals surface area contributed by atoms with Crippen LogP contribution in [0.3, 0.4) is 0 Å². The van der Waals surface area contributed by atoms with E-state index in [1.54, 1.807) is 13.1 Å². The van der Waals surface area contributed by atoms with E-state index in [2.05, 4.69) is 15.0 Å². The van der Waals surface area contributed by atoms with Crippen molar-refractivity contribution >= 4 is 11.1 Å². The fraction of sp³-hybridized carbons (Fsp3) is 0.278. The van der Waals surface area contributed by atoms with Gasteiger partial charge in [-0.2, -0.15) is 0 Å². The summed E-state index contributed by atoms with van der Waals surface area (Å²) in [6.45, 7) is -0.110. The zero-order valence-corrected chi connectivity index (χ0v) is 14.2. The van der Waals surface area contributed by atoms with Gasteiger partial charge in [-0.05, 0) is 36.4 Å². The van der Waals surface area contributed by atoms with E-state index in [4.69, 9.17) is 4.42 Å². The third-order valence-corrected chi connectivity index (χ3v) is 4.00. The lowest BCUT2D eigenvalue weighted by molar-refractivity contribution is -0.274. The van der Waals surface area contributed by atoms with Crippen LogP contribution in [0.4, 0.5) is 13.2 Å². The molecule has 1 aromatic heterocycles. The lowest BCUT2D eigenvalue weighted by Gasteiger charge is -2.16. The molecule has 0 aliphatic heterocycles. The molecule has 0 fully saturated rings. The molecule has 1 atom stereocenters. The van der Waals surface area contributed by atoms with Crippen LogP contribution in [-0.4, -0.2) is 35.2 Å². The molecule has 1 unspecified atom stereocenters. The molecule has 0 radical (unpaired) electrons. The number of nitrogens with zero attached hydrogens (tertiary/aromatic N) is 1. The Balaban J connectivity index is 2.11. The second kappa shape index (κ2) is 7.55. The van der Waals surface area contributed by atoms with Gasteiger partial charge in [-0.15, -0.1) is 13.2 Å². The maximum absolute atomic E-state index is 12.3. The summed E-state index contributed by atoms with van der Waals surface area (Å²) in [4.78, 5) is 4.16. The SMILES string of the molecule is CNCc1cc(-c2ccc(OC(F)(F)F)cc2)c2ncoc2c1C(O)CO. The van der Waals surface area contributed by atoms with Gasteiger partial charge in [-0.1, -0.05) is 12.1 Å². The largest absolute Gasteiger partial charge is 0.573 e. The average molecular weight is 382 g/mol. The Hall–Kier alpha value is -2.62. The predicted molar refractivity (Wildman–Crippen MR) is 90.9 cm³/mol. The highest BCUT2D eigenvalue weighted by atomic mass is 19.4. The smallest absolute Gasteiger partial charge is 0.443 e. The third-order valence-electron chi connectivity index (χ3n) is 4.00. The van der Waals surface area contributed by atoms with Crippen molar-refractivity contribution in [2.75, 3.05) is 13.7 Å². The number of halogens is 3. The molecule has 3 rings (SSSR count). The molecule has 0 aliphatic carbocycles. The number of aliphatic hydroxyl groups excluding tert-OH is 2. The van der Waals surface area contributed by atoms with Gasteiger partial charge in [-0.25, -0.2) is 4.98 Å². The van der Waals surface area contributed by atoms with E-state index in [9.17, 15) is 23.4 Å². The molecule has 3 N–H and O–H groups in total. The Morgan fingerprint density at radius 1 is 1.26 bits per heavy atom. The predicted octanol–water partition coefficient (Wildman–Crippen LogP) is 3.14. The first-order valence-electron chi connectivity index (χ1n) is 8.02. The first kappa shape index (κ1) is 19.2. The lowest BCUT2D eigenvalue weighted by atomic mass is 9.94. The van der Waals surface area contributed by atoms with Crippen molar-refractivity contribution in [2.45, 2.75) is 19.0 Å². The fourth-order valence-corrected chi connectivity index (χ4v) is 2.94. The van der Waals surface area contributed by atoms with Gasteiger partial charge in [0.05, 0.1) is 6.61 Å². The summed E-state index contributed by atoms with van der Waals surface area (Å²) in [7, 11) is 1.72. The molecule has 0 spiro atoms. The zero-order chi connectivity index (χ0) is 19.6. The molecule has 6 nitrogen and oxygen atoms in total. The summed E-state index contributed by atoms with van der Waals surface area (Å²) in [5.74, 6) is -0.328. The van der Waals surface area contributed by atoms with Gasteiger partial charge in [0.25, 0.3) is 0 Å². The molecular weight excluding hydrogens is 365 g/mol. The number of alkyl halides is 3. The van der Waals surface area contributed by atoms with Gasteiger partial charge in [-0.3, -0.25) is 0 Å². The average Bonchev–Trinajstić information content (AvgIpc) is 3.09. The summed E-state index contributed by atoms with van der Waals surface area (Å²) in [6, 6.07) is 7.15. The Bertz CT molecular complexity index is 923. The van der Waals surface area contributed by atoms with E-state index in [1.807, 2.05) is 0 Å². The normalized spacial score (nSPS) is 13.1. The van der Waals surface area contributed by atoms with Crippen LogP contribution in [0.25, 0.3) is 22.2 Å². The van der Waals surface area contributed by atoms with Gasteiger partial charge in [0.2, 0.25) is 0 Å². The van der Waals surface area contributed by atoms with Crippen molar-refractivity contribution in [1.82, 2.24) is 10.3 Å². The maximum Gasteiger partial charge on any atom is 0.573 e. The molecular formula is C18H17F3N2O4. The molecule has 2 aromatic carbocycles. The Kier molecular flexibility index (Phi) is 5.36. The van der Waals surface area contributed by atoms with Gasteiger partial charge in [0.1, 0.15) is 17.4 Å². The molecule has 9 heteroatoms. The minimum atomic E-state index is -4.76. The Labute approximate surface area is 152 Å². The molecule has 27 heavy (non-hydrogen) atoms. The van der Waals surface area contributed by atoms with Gasteiger partial charge >= 0.3 is 6.36 Å². The number of aliphatic hydroxyl groups is 2. The molecule has 3 aromatic rings. The molecule has 0 bridgehead atoms. The monoisotopic (exact) mass is 382 g/mol. The van der Waals surface area contributed by atoms with Crippen LogP contribution in [-0.2, 0) is 6.54 Å². The Morgan fingerprint density at radius 3 is 2.56 bits per heavy atom. The van der Waals surface area contributed by atoms with Gasteiger partial charge in [0, 0.05) is 17.7 Å². The van der Waals surface area contributed by atoms with Crippen molar-refractivity contribution in [3.8, 4) is 16.9 Å². The molecule has 0 saturated heterocycles. The van der Waals surface area contributed by atoms with E-state index in [1.165, 1.54) is 30.7 Å². The first-order valence-corrected chi connectivity index (χ1v) is 8.02. The van der Waals surface area contributed by atoms with Crippen molar-refractivity contribution < 1.29 is 32.5 Å². The van der Waals surface area contributed by atoms with Crippen molar-refractivity contribution in [3.63, 3.8) is 0 Å². The summed E-state index contributed by atoms with van der Waals surface area (Å²) in [6.07, 6.45) is -4.70. The number of ether oxygens (including phenoxy) is 1. The molecule has 0 amide bonds. The van der Waals surface area contributed by atoms with Crippen LogP contribution in [0.5, 0.6) is 5.75 Å². The minimum Gasteiger partial charge on any atom is -0.443 e. The highest BCUT2D eigenvalue weighted by Gasteiger charge is 2.31. The summed E-state index contributed by atoms with van der Waals surface area (Å²) in [5.41, 5.74) is 3.06. The summed E-state index contributed by atoms with van der Waals surface area (Å²) in [5, 5.41) is 22.5. The highest BCUT2D eigenvalue weighted by molar-refractivity contribution is 5.93. The number of aromatic nitrogens is 1. The van der Waals surface area contributed by atoms with Crippen LogP contribution in [0.15, 0.2) is 41.1 Å². The number of rotatable bonds is 6. The van der Waals surface area contributed by atoms with E-state index >= 15 is 0 Å². The van der Waals surface area contributed by atoms with Crippen LogP contribution in [0.1, 0.15) is 17.2 Å². The topological polar surface area (TPSA) is 87.8 Å². The lowest BCUT2D eigenvalue weighted by Crippen LogP contribution is -2.16. The Morgan fingerprint density at radius 2 is 1.96 bits per heavy atom. The van der Waals surface area contributed by atoms with Crippen molar-refractivity contribution in [1.29, 1.82) is 0 Å². The number of oxazole rings is 1. The van der Waals surface area contributed by atoms with E-state index in [0.29, 0.717) is 39.9 Å². The van der Waals surface area contributed by atoms with Crippen LogP contribution < -0.4 is 10.1 Å². The molecule has 0 saturated carbocycles. The standard InChI is InChI=1S/C18H17F3N2O4/c1-22-7-11-6-13(10-2-4-12(5-3-10)27-18(19,20)21)16-17(26-9-23-16)15(11)14(25)8-24/h2-6,9,14,22,24-25H,7-8H2,1H3. The second-order valence-corrected chi connectivity index (χ2v) is 5.83. The van der Waals surface area contributed by atoms with Gasteiger partial charge in [0.15, 0.2) is 12.0 Å². The van der Waals surface area contributed by atoms with E-state index < -0.39 is 19.1 Å². The quantitative estimate of drug-likeness (QED) is 0.607. The first-order chi connectivity index (χ1) is 12.8. The number of hydrogen-bond donors (Lipinski definition) is 3. The number of hydrogen-bond acceptors (Lipinski definition) is 6. The van der Waals surface area contributed by atoms with E-state index in [0.717, 1.165) is 0 Å². The number of fused-ring (bicyclic) bond motifs is 1. The maximum atomic E-state index is 12.3. The third kappa shape index (κ3) is 4.05. The van der Waals surface area contributed by atoms with Crippen molar-refractivity contribution in [3.05, 3.63) is 47.9 Å². The van der Waals surface area contributed by atoms with Crippen LogP contribution >= 0.6 is 0 Å². The fourth-order valence-electron chi connectivity index (χ4n) is 2.94. The van der Waals surface area contributed by atoms with Crippen LogP contribution in [0, 0.1) is 0 Å². The van der Waals surface area contributed by atoms with Gasteiger partial charge < -0.3 is 24.7 Å². The molecule has 0 aliphatic rings. The van der Waals surface area contributed by atoms with Crippen molar-refractivity contribution in [2.24, 2.45) is 0 Å². The molecule has 1 heterocycles. The summed E-state index contributed by atoms with van der Waals surface area (Å²) < 4.78 is 46.3.